The Morgan fingerprint density at radius 2 is 1.90 bits per heavy atom. The Hall–Kier alpha value is -2.43. The molecule has 0 spiro atoms. The summed E-state index contributed by atoms with van der Waals surface area (Å²) in [6.45, 7) is 6.69. The fourth-order valence-corrected chi connectivity index (χ4v) is 2.47. The minimum Gasteiger partial charge on any atom is -0.295 e. The molecule has 0 aliphatic carbocycles. The van der Waals surface area contributed by atoms with Gasteiger partial charge in [-0.2, -0.15) is 0 Å². The number of aryl methyl sites for hydroxylation is 1. The first-order valence-corrected chi connectivity index (χ1v) is 7.08. The van der Waals surface area contributed by atoms with Gasteiger partial charge in [0, 0.05) is 12.2 Å². The molecule has 0 bridgehead atoms. The zero-order valence-corrected chi connectivity index (χ0v) is 12.4. The predicted molar refractivity (Wildman–Crippen MR) is 82.7 cm³/mol. The van der Waals surface area contributed by atoms with E-state index in [1.54, 1.807) is 15.5 Å². The van der Waals surface area contributed by atoms with Crippen LogP contribution in [-0.2, 0) is 6.54 Å². The number of para-hydroxylation sites is 1. The Morgan fingerprint density at radius 1 is 1.19 bits per heavy atom. The molecule has 0 radical (unpaired) electrons. The number of benzene rings is 1. The van der Waals surface area contributed by atoms with Crippen molar-refractivity contribution in [2.45, 2.75) is 27.3 Å². The van der Waals surface area contributed by atoms with Gasteiger partial charge in [-0.3, -0.25) is 13.9 Å². The van der Waals surface area contributed by atoms with Crippen molar-refractivity contribution in [3.8, 4) is 5.69 Å². The van der Waals surface area contributed by atoms with Crippen molar-refractivity contribution in [3.05, 3.63) is 52.8 Å². The van der Waals surface area contributed by atoms with E-state index >= 15 is 0 Å². The van der Waals surface area contributed by atoms with Gasteiger partial charge in [-0.1, -0.05) is 32.0 Å². The van der Waals surface area contributed by atoms with Crippen LogP contribution in [0.1, 0.15) is 19.7 Å². The van der Waals surface area contributed by atoms with Crippen LogP contribution in [0.5, 0.6) is 0 Å². The van der Waals surface area contributed by atoms with Crippen LogP contribution in [0.4, 0.5) is 0 Å². The summed E-state index contributed by atoms with van der Waals surface area (Å²) in [5.41, 5.74) is 1.92. The maximum Gasteiger partial charge on any atom is 0.280 e. The quantitative estimate of drug-likeness (QED) is 0.742. The lowest BCUT2D eigenvalue weighted by Crippen LogP contribution is -2.27. The molecule has 5 nitrogen and oxygen atoms in total. The monoisotopic (exact) mass is 282 g/mol. The second kappa shape index (κ2) is 5.16. The molecule has 0 aliphatic heterocycles. The molecule has 0 fully saturated rings. The fourth-order valence-electron chi connectivity index (χ4n) is 2.47. The van der Waals surface area contributed by atoms with Crippen LogP contribution in [0.2, 0.25) is 0 Å². The lowest BCUT2D eigenvalue weighted by molar-refractivity contribution is 0.497. The second-order valence-electron chi connectivity index (χ2n) is 5.59. The summed E-state index contributed by atoms with van der Waals surface area (Å²) in [6, 6.07) is 9.73. The number of rotatable bonds is 3. The molecule has 108 valence electrons. The molecule has 21 heavy (non-hydrogen) atoms. The lowest BCUT2D eigenvalue weighted by atomic mass is 10.2. The van der Waals surface area contributed by atoms with Crippen molar-refractivity contribution in [2.75, 3.05) is 0 Å². The summed E-state index contributed by atoms with van der Waals surface area (Å²) in [5, 5.41) is 0. The molecule has 0 amide bonds. The third kappa shape index (κ3) is 2.35. The lowest BCUT2D eigenvalue weighted by Gasteiger charge is -2.12. The molecule has 0 aliphatic rings. The van der Waals surface area contributed by atoms with Crippen LogP contribution in [-0.4, -0.2) is 19.1 Å². The standard InChI is InChI=1S/C16H18N4O/c1-11(2)9-19-12(3)18-15-14(16(19)21)20(10-17-15)13-7-5-4-6-8-13/h4-8,10-11H,9H2,1-3H3. The number of hydrogen-bond acceptors (Lipinski definition) is 3. The first kappa shape index (κ1) is 13.5. The van der Waals surface area contributed by atoms with Crippen molar-refractivity contribution in [2.24, 2.45) is 5.92 Å². The molecular formula is C16H18N4O. The molecule has 3 aromatic rings. The number of aromatic nitrogens is 4. The zero-order valence-electron chi connectivity index (χ0n) is 12.4. The Labute approximate surface area is 122 Å². The average molecular weight is 282 g/mol. The summed E-state index contributed by atoms with van der Waals surface area (Å²) >= 11 is 0. The van der Waals surface area contributed by atoms with Crippen molar-refractivity contribution >= 4 is 11.2 Å². The van der Waals surface area contributed by atoms with E-state index < -0.39 is 0 Å². The summed E-state index contributed by atoms with van der Waals surface area (Å²) in [7, 11) is 0. The highest BCUT2D eigenvalue weighted by molar-refractivity contribution is 5.72. The number of nitrogens with zero attached hydrogens (tertiary/aromatic N) is 4. The van der Waals surface area contributed by atoms with E-state index in [0.717, 1.165) is 5.69 Å². The Bertz CT molecular complexity index is 831. The molecule has 0 unspecified atom stereocenters. The van der Waals surface area contributed by atoms with E-state index in [9.17, 15) is 4.79 Å². The minimum atomic E-state index is -0.0347. The zero-order chi connectivity index (χ0) is 15.0. The molecule has 3 rings (SSSR count). The number of hydrogen-bond donors (Lipinski definition) is 0. The minimum absolute atomic E-state index is 0.0347. The Balaban J connectivity index is 2.28. The van der Waals surface area contributed by atoms with Crippen LogP contribution in [0, 0.1) is 12.8 Å². The van der Waals surface area contributed by atoms with E-state index in [-0.39, 0.29) is 5.56 Å². The SMILES string of the molecule is Cc1nc2ncn(-c3ccccc3)c2c(=O)n1CC(C)C. The molecule has 2 aromatic heterocycles. The summed E-state index contributed by atoms with van der Waals surface area (Å²) < 4.78 is 3.54. The fraction of sp³-hybridized carbons (Fsp3) is 0.312. The van der Waals surface area contributed by atoms with Crippen molar-refractivity contribution in [1.29, 1.82) is 0 Å². The molecule has 5 heteroatoms. The Kier molecular flexibility index (Phi) is 3.33. The second-order valence-corrected chi connectivity index (χ2v) is 5.59. The maximum atomic E-state index is 12.8. The maximum absolute atomic E-state index is 12.8. The molecular weight excluding hydrogens is 264 g/mol. The highest BCUT2D eigenvalue weighted by atomic mass is 16.1. The van der Waals surface area contributed by atoms with Gasteiger partial charge < -0.3 is 0 Å². The Morgan fingerprint density at radius 3 is 2.57 bits per heavy atom. The largest absolute Gasteiger partial charge is 0.295 e. The van der Waals surface area contributed by atoms with E-state index in [4.69, 9.17) is 0 Å². The molecule has 0 atom stereocenters. The van der Waals surface area contributed by atoms with Crippen LogP contribution in [0.3, 0.4) is 0 Å². The van der Waals surface area contributed by atoms with Crippen LogP contribution in [0.15, 0.2) is 41.5 Å². The topological polar surface area (TPSA) is 52.7 Å². The van der Waals surface area contributed by atoms with Gasteiger partial charge in [0.15, 0.2) is 11.2 Å². The average Bonchev–Trinajstić information content (AvgIpc) is 2.88. The molecule has 0 saturated heterocycles. The number of fused-ring (bicyclic) bond motifs is 1. The van der Waals surface area contributed by atoms with Crippen molar-refractivity contribution in [1.82, 2.24) is 19.1 Å². The van der Waals surface area contributed by atoms with Crippen molar-refractivity contribution in [3.63, 3.8) is 0 Å². The van der Waals surface area contributed by atoms with Crippen LogP contribution >= 0.6 is 0 Å². The summed E-state index contributed by atoms with van der Waals surface area (Å²) in [6.07, 6.45) is 1.66. The molecule has 2 heterocycles. The molecule has 1 aromatic carbocycles. The molecule has 0 saturated carbocycles. The summed E-state index contributed by atoms with van der Waals surface area (Å²) in [5.74, 6) is 1.09. The van der Waals surface area contributed by atoms with Gasteiger partial charge in [0.1, 0.15) is 12.2 Å². The third-order valence-corrected chi connectivity index (χ3v) is 3.44. The normalized spacial score (nSPS) is 11.4. The first-order chi connectivity index (χ1) is 10.1. The van der Waals surface area contributed by atoms with E-state index in [1.165, 1.54) is 0 Å². The van der Waals surface area contributed by atoms with Gasteiger partial charge in [-0.25, -0.2) is 9.97 Å². The van der Waals surface area contributed by atoms with Crippen molar-refractivity contribution < 1.29 is 0 Å². The predicted octanol–water partition coefficient (Wildman–Crippen LogP) is 2.55. The number of imidazole rings is 1. The van der Waals surface area contributed by atoms with Crippen LogP contribution < -0.4 is 5.56 Å². The first-order valence-electron chi connectivity index (χ1n) is 7.08. The van der Waals surface area contributed by atoms with Gasteiger partial charge in [0.05, 0.1) is 0 Å². The van der Waals surface area contributed by atoms with Gasteiger partial charge in [0.25, 0.3) is 5.56 Å². The van der Waals surface area contributed by atoms with E-state index in [1.807, 2.05) is 37.3 Å². The van der Waals surface area contributed by atoms with Gasteiger partial charge in [0.2, 0.25) is 0 Å². The van der Waals surface area contributed by atoms with E-state index in [0.29, 0.717) is 29.5 Å². The summed E-state index contributed by atoms with van der Waals surface area (Å²) in [4.78, 5) is 21.5. The third-order valence-electron chi connectivity index (χ3n) is 3.44. The van der Waals surface area contributed by atoms with Gasteiger partial charge in [-0.05, 0) is 25.0 Å². The van der Waals surface area contributed by atoms with E-state index in [2.05, 4.69) is 23.8 Å². The molecule has 0 N–H and O–H groups in total. The van der Waals surface area contributed by atoms with Crippen LogP contribution in [0.25, 0.3) is 16.9 Å². The van der Waals surface area contributed by atoms with Gasteiger partial charge in [-0.15, -0.1) is 0 Å². The smallest absolute Gasteiger partial charge is 0.280 e. The van der Waals surface area contributed by atoms with Gasteiger partial charge >= 0.3 is 0 Å². The highest BCUT2D eigenvalue weighted by Crippen LogP contribution is 2.14. The highest BCUT2D eigenvalue weighted by Gasteiger charge is 2.15.